The molecule has 1 aliphatic heterocycles. The first-order valence-electron chi connectivity index (χ1n) is 12.9. The van der Waals surface area contributed by atoms with Crippen LogP contribution in [0.5, 0.6) is 6.01 Å². The third-order valence-electron chi connectivity index (χ3n) is 7.51. The maximum atomic E-state index is 16.4. The molecule has 41 heavy (non-hydrogen) atoms. The summed E-state index contributed by atoms with van der Waals surface area (Å²) in [6.45, 7) is 6.51. The zero-order valence-electron chi connectivity index (χ0n) is 22.8. The molecule has 12 heteroatoms. The van der Waals surface area contributed by atoms with Gasteiger partial charge < -0.3 is 25.0 Å². The molecular weight excluding hydrogens is 550 g/mol. The van der Waals surface area contributed by atoms with Gasteiger partial charge in [0, 0.05) is 43.1 Å². The second kappa shape index (κ2) is 11.3. The first-order chi connectivity index (χ1) is 19.7. The largest absolute Gasteiger partial charge is 0.461 e. The number of nitrogens with zero attached hydrogens (tertiary/aromatic N) is 5. The van der Waals surface area contributed by atoms with E-state index >= 15 is 4.39 Å². The summed E-state index contributed by atoms with van der Waals surface area (Å²) in [6, 6.07) is 7.64. The fourth-order valence-corrected chi connectivity index (χ4v) is 6.38. The Morgan fingerprint density at radius 2 is 2.05 bits per heavy atom. The summed E-state index contributed by atoms with van der Waals surface area (Å²) in [5, 5.41) is 10.6. The van der Waals surface area contributed by atoms with Crippen molar-refractivity contribution in [2.24, 2.45) is 0 Å². The van der Waals surface area contributed by atoms with Gasteiger partial charge in [-0.2, -0.15) is 15.2 Å². The Bertz CT molecular complexity index is 1720. The number of fused-ring (bicyclic) bond motifs is 2. The maximum Gasteiger partial charge on any atom is 0.319 e. The normalized spacial score (nSPS) is 16.7. The fourth-order valence-electron chi connectivity index (χ4n) is 5.43. The lowest BCUT2D eigenvalue weighted by Gasteiger charge is -2.32. The zero-order chi connectivity index (χ0) is 29.4. The first kappa shape index (κ1) is 28.2. The lowest BCUT2D eigenvalue weighted by Crippen LogP contribution is -2.43. The van der Waals surface area contributed by atoms with Crippen LogP contribution in [0.4, 0.5) is 19.6 Å². The van der Waals surface area contributed by atoms with E-state index in [9.17, 15) is 14.4 Å². The van der Waals surface area contributed by atoms with Gasteiger partial charge in [-0.3, -0.25) is 4.79 Å². The first-order valence-corrected chi connectivity index (χ1v) is 13.7. The standard InChI is InChI=1S/C29H28F2N6O3S/c1-5-22(38)37-11-10-21(15(37)2)36(3)28-18-7-6-17(24(31)25(18)34-29(35-28)40-13-12-39-4)16-8-9-20(30)26-23(16)19(14-32)27(33)41-26/h5-9,15,21H,1,10-13,33H2,2-4H3/t15-,21?/m1/s1. The number of likely N-dealkylation sites (tertiary alicyclic amines) is 1. The topological polar surface area (TPSA) is 118 Å². The number of carbonyl (C=O) groups excluding carboxylic acids is 1. The highest BCUT2D eigenvalue weighted by Crippen LogP contribution is 2.43. The minimum Gasteiger partial charge on any atom is -0.461 e. The summed E-state index contributed by atoms with van der Waals surface area (Å²) >= 11 is 0.946. The van der Waals surface area contributed by atoms with E-state index in [-0.39, 0.29) is 68.9 Å². The van der Waals surface area contributed by atoms with Gasteiger partial charge in [-0.15, -0.1) is 11.3 Å². The third kappa shape index (κ3) is 4.81. The molecule has 1 amide bonds. The van der Waals surface area contributed by atoms with Gasteiger partial charge in [-0.05, 0) is 37.1 Å². The quantitative estimate of drug-likeness (QED) is 0.232. The number of amides is 1. The van der Waals surface area contributed by atoms with Crippen LogP contribution in [0.1, 0.15) is 18.9 Å². The Labute approximate surface area is 239 Å². The number of aromatic nitrogens is 2. The lowest BCUT2D eigenvalue weighted by molar-refractivity contribution is -0.126. The molecule has 5 rings (SSSR count). The number of carbonyl (C=O) groups is 1. The number of ether oxygens (including phenoxy) is 2. The van der Waals surface area contributed by atoms with E-state index in [1.165, 1.54) is 25.3 Å². The molecule has 2 aromatic heterocycles. The number of nitrogens with two attached hydrogens (primary N) is 1. The van der Waals surface area contributed by atoms with Crippen LogP contribution < -0.4 is 15.4 Å². The molecule has 1 unspecified atom stereocenters. The van der Waals surface area contributed by atoms with Crippen molar-refractivity contribution in [1.29, 1.82) is 5.26 Å². The molecule has 0 bridgehead atoms. The molecule has 1 fully saturated rings. The lowest BCUT2D eigenvalue weighted by atomic mass is 9.97. The van der Waals surface area contributed by atoms with E-state index in [1.807, 2.05) is 24.9 Å². The predicted molar refractivity (Wildman–Crippen MR) is 155 cm³/mol. The van der Waals surface area contributed by atoms with E-state index in [0.717, 1.165) is 11.3 Å². The minimum atomic E-state index is -0.680. The average molecular weight is 579 g/mol. The van der Waals surface area contributed by atoms with Gasteiger partial charge in [0.05, 0.1) is 22.9 Å². The Hall–Kier alpha value is -4.34. The van der Waals surface area contributed by atoms with Crippen LogP contribution in [0.2, 0.25) is 0 Å². The molecule has 4 aromatic rings. The number of nitrogen functional groups attached to an aromatic ring is 1. The van der Waals surface area contributed by atoms with E-state index in [2.05, 4.69) is 16.5 Å². The molecule has 0 spiro atoms. The van der Waals surface area contributed by atoms with Crippen LogP contribution in [-0.4, -0.2) is 66.8 Å². The summed E-state index contributed by atoms with van der Waals surface area (Å²) in [7, 11) is 3.37. The molecule has 2 atom stereocenters. The number of halogens is 2. The number of nitriles is 1. The highest BCUT2D eigenvalue weighted by Gasteiger charge is 2.36. The van der Waals surface area contributed by atoms with Gasteiger partial charge in [0.15, 0.2) is 5.82 Å². The number of hydrogen-bond donors (Lipinski definition) is 1. The molecule has 2 N–H and O–H groups in total. The van der Waals surface area contributed by atoms with Gasteiger partial charge in [0.25, 0.3) is 0 Å². The Morgan fingerprint density at radius 3 is 2.76 bits per heavy atom. The molecule has 0 radical (unpaired) electrons. The van der Waals surface area contributed by atoms with Crippen molar-refractivity contribution in [2.45, 2.75) is 25.4 Å². The monoisotopic (exact) mass is 578 g/mol. The number of methoxy groups -OCH3 is 1. The Balaban J connectivity index is 1.68. The van der Waals surface area contributed by atoms with E-state index < -0.39 is 11.6 Å². The zero-order valence-corrected chi connectivity index (χ0v) is 23.6. The Kier molecular flexibility index (Phi) is 7.75. The van der Waals surface area contributed by atoms with Crippen LogP contribution in [0.25, 0.3) is 32.1 Å². The van der Waals surface area contributed by atoms with Crippen molar-refractivity contribution in [3.63, 3.8) is 0 Å². The summed E-state index contributed by atoms with van der Waals surface area (Å²) in [6.07, 6.45) is 1.97. The SMILES string of the molecule is C=CC(=O)N1CCC(N(C)c2nc(OCCOC)nc3c(F)c(-c4ccc(F)c5sc(N)c(C#N)c45)ccc23)[C@H]1C. The van der Waals surface area contributed by atoms with Crippen molar-refractivity contribution in [3.8, 4) is 23.2 Å². The van der Waals surface area contributed by atoms with Crippen molar-refractivity contribution >= 4 is 49.1 Å². The van der Waals surface area contributed by atoms with Gasteiger partial charge in [0.2, 0.25) is 5.91 Å². The molecule has 3 heterocycles. The van der Waals surface area contributed by atoms with Crippen LogP contribution in [-0.2, 0) is 9.53 Å². The molecular formula is C29H28F2N6O3S. The number of benzene rings is 2. The second-order valence-electron chi connectivity index (χ2n) is 9.69. The summed E-state index contributed by atoms with van der Waals surface area (Å²) in [4.78, 5) is 25.0. The van der Waals surface area contributed by atoms with Crippen molar-refractivity contribution in [1.82, 2.24) is 14.9 Å². The van der Waals surface area contributed by atoms with Gasteiger partial charge in [0.1, 0.15) is 34.8 Å². The molecule has 2 aromatic carbocycles. The van der Waals surface area contributed by atoms with Gasteiger partial charge in [-0.1, -0.05) is 18.7 Å². The Morgan fingerprint density at radius 1 is 1.29 bits per heavy atom. The minimum absolute atomic E-state index is 0.00405. The van der Waals surface area contributed by atoms with Crippen LogP contribution in [0.15, 0.2) is 36.9 Å². The third-order valence-corrected chi connectivity index (χ3v) is 8.54. The maximum absolute atomic E-state index is 16.4. The fraction of sp³-hybridized carbons (Fsp3) is 0.310. The summed E-state index contributed by atoms with van der Waals surface area (Å²) in [5.74, 6) is -0.950. The number of rotatable bonds is 8. The summed E-state index contributed by atoms with van der Waals surface area (Å²) in [5.41, 5.74) is 6.54. The van der Waals surface area contributed by atoms with Gasteiger partial charge >= 0.3 is 6.01 Å². The molecule has 0 aliphatic carbocycles. The number of anilines is 2. The van der Waals surface area contributed by atoms with Crippen LogP contribution >= 0.6 is 11.3 Å². The van der Waals surface area contributed by atoms with E-state index in [0.29, 0.717) is 29.7 Å². The highest BCUT2D eigenvalue weighted by molar-refractivity contribution is 7.23. The van der Waals surface area contributed by atoms with E-state index in [1.54, 1.807) is 17.0 Å². The number of hydrogen-bond acceptors (Lipinski definition) is 9. The van der Waals surface area contributed by atoms with Crippen LogP contribution in [0, 0.1) is 23.0 Å². The summed E-state index contributed by atoms with van der Waals surface area (Å²) < 4.78 is 42.1. The van der Waals surface area contributed by atoms with Crippen molar-refractivity contribution in [3.05, 3.63) is 54.1 Å². The average Bonchev–Trinajstić information content (AvgIpc) is 3.52. The van der Waals surface area contributed by atoms with E-state index in [4.69, 9.17) is 15.2 Å². The second-order valence-corrected chi connectivity index (χ2v) is 10.7. The predicted octanol–water partition coefficient (Wildman–Crippen LogP) is 4.88. The molecule has 212 valence electrons. The van der Waals surface area contributed by atoms with Crippen LogP contribution in [0.3, 0.4) is 0 Å². The molecule has 0 saturated carbocycles. The molecule has 1 saturated heterocycles. The van der Waals surface area contributed by atoms with Crippen molar-refractivity contribution < 1.29 is 23.0 Å². The number of thiophene rings is 1. The molecule has 9 nitrogen and oxygen atoms in total. The smallest absolute Gasteiger partial charge is 0.319 e. The van der Waals surface area contributed by atoms with Gasteiger partial charge in [-0.25, -0.2) is 8.78 Å². The molecule has 1 aliphatic rings. The van der Waals surface area contributed by atoms with Crippen molar-refractivity contribution in [2.75, 3.05) is 44.5 Å². The number of likely N-dealkylation sites (N-methyl/N-ethyl adjacent to an activating group) is 1. The highest BCUT2D eigenvalue weighted by atomic mass is 32.1.